The molecular formula is C17H18N4O5S2. The Morgan fingerprint density at radius 2 is 1.86 bits per heavy atom. The van der Waals surface area contributed by atoms with Gasteiger partial charge >= 0.3 is 5.69 Å². The van der Waals surface area contributed by atoms with Gasteiger partial charge in [-0.1, -0.05) is 12.1 Å². The van der Waals surface area contributed by atoms with Crippen LogP contribution in [-0.4, -0.2) is 30.0 Å². The lowest BCUT2D eigenvalue weighted by Gasteiger charge is -2.10. The predicted molar refractivity (Wildman–Crippen MR) is 106 cm³/mol. The van der Waals surface area contributed by atoms with E-state index in [0.717, 1.165) is 10.1 Å². The highest BCUT2D eigenvalue weighted by atomic mass is 32.2. The van der Waals surface area contributed by atoms with Crippen molar-refractivity contribution in [1.82, 2.24) is 14.5 Å². The first kappa shape index (κ1) is 20.0. The van der Waals surface area contributed by atoms with Gasteiger partial charge in [-0.2, -0.15) is 0 Å². The van der Waals surface area contributed by atoms with Crippen LogP contribution in [0, 0.1) is 0 Å². The Labute approximate surface area is 164 Å². The number of fused-ring (bicyclic) bond motifs is 1. The Morgan fingerprint density at radius 1 is 1.18 bits per heavy atom. The highest BCUT2D eigenvalue weighted by Crippen LogP contribution is 2.14. The highest BCUT2D eigenvalue weighted by Gasteiger charge is 2.14. The smallest absolute Gasteiger partial charge is 0.331 e. The van der Waals surface area contributed by atoms with Crippen molar-refractivity contribution < 1.29 is 13.2 Å². The second-order valence-electron chi connectivity index (χ2n) is 6.16. The van der Waals surface area contributed by atoms with Crippen molar-refractivity contribution in [2.75, 3.05) is 6.54 Å². The first-order chi connectivity index (χ1) is 13.2. The first-order valence-corrected chi connectivity index (χ1v) is 10.7. The third-order valence-electron chi connectivity index (χ3n) is 4.24. The minimum absolute atomic E-state index is 0.0223. The Kier molecular flexibility index (Phi) is 5.49. The largest absolute Gasteiger partial charge is 0.354 e. The number of nitrogens with zero attached hydrogens (tertiary/aromatic N) is 2. The summed E-state index contributed by atoms with van der Waals surface area (Å²) in [5, 5.41) is 9.47. The summed E-state index contributed by atoms with van der Waals surface area (Å²) in [6, 6.07) is 7.70. The van der Waals surface area contributed by atoms with Crippen LogP contribution < -0.4 is 21.7 Å². The molecule has 0 saturated heterocycles. The maximum atomic E-state index is 12.3. The molecule has 0 unspecified atom stereocenters. The molecule has 3 rings (SSSR count). The average Bonchev–Trinajstić information content (AvgIpc) is 3.13. The molecule has 28 heavy (non-hydrogen) atoms. The third-order valence-corrected chi connectivity index (χ3v) is 6.06. The van der Waals surface area contributed by atoms with Gasteiger partial charge in [-0.05, 0) is 35.6 Å². The lowest BCUT2D eigenvalue weighted by atomic mass is 10.1. The van der Waals surface area contributed by atoms with E-state index < -0.39 is 15.7 Å². The molecule has 2 heterocycles. The topological polar surface area (TPSA) is 133 Å². The highest BCUT2D eigenvalue weighted by molar-refractivity contribution is 7.89. The number of sulfonamides is 1. The molecule has 9 nitrogen and oxygen atoms in total. The first-order valence-electron chi connectivity index (χ1n) is 8.24. The second-order valence-corrected chi connectivity index (χ2v) is 8.63. The van der Waals surface area contributed by atoms with Crippen LogP contribution in [0.2, 0.25) is 0 Å². The number of benzene rings is 1. The molecule has 11 heteroatoms. The Morgan fingerprint density at radius 3 is 2.50 bits per heavy atom. The maximum Gasteiger partial charge on any atom is 0.331 e. The fourth-order valence-corrected chi connectivity index (χ4v) is 4.13. The molecule has 0 aliphatic rings. The van der Waals surface area contributed by atoms with Gasteiger partial charge < -0.3 is 5.32 Å². The van der Waals surface area contributed by atoms with Crippen molar-refractivity contribution in [2.45, 2.75) is 17.9 Å². The quantitative estimate of drug-likeness (QED) is 0.566. The van der Waals surface area contributed by atoms with E-state index in [-0.39, 0.29) is 22.9 Å². The number of thiophene rings is 1. The van der Waals surface area contributed by atoms with Crippen molar-refractivity contribution >= 4 is 37.5 Å². The minimum atomic E-state index is -3.74. The molecule has 2 aromatic heterocycles. The fourth-order valence-electron chi connectivity index (χ4n) is 2.74. The number of rotatable bonds is 6. The van der Waals surface area contributed by atoms with Crippen molar-refractivity contribution in [3.8, 4) is 0 Å². The van der Waals surface area contributed by atoms with Crippen molar-refractivity contribution in [1.29, 1.82) is 0 Å². The zero-order chi connectivity index (χ0) is 20.5. The average molecular weight is 422 g/mol. The predicted octanol–water partition coefficient (Wildman–Crippen LogP) is -0.232. The molecule has 0 spiro atoms. The number of carbonyl (C=O) groups is 1. The van der Waals surface area contributed by atoms with Gasteiger partial charge in [-0.25, -0.2) is 18.4 Å². The normalized spacial score (nSPS) is 11.6. The van der Waals surface area contributed by atoms with Crippen LogP contribution in [0.5, 0.6) is 0 Å². The summed E-state index contributed by atoms with van der Waals surface area (Å²) in [6.45, 7) is 0.103. The number of amides is 1. The molecule has 0 atom stereocenters. The van der Waals surface area contributed by atoms with Crippen LogP contribution in [0.25, 0.3) is 10.2 Å². The van der Waals surface area contributed by atoms with E-state index in [2.05, 4.69) is 5.32 Å². The lowest BCUT2D eigenvalue weighted by Crippen LogP contribution is -2.41. The Balaban J connectivity index is 1.66. The van der Waals surface area contributed by atoms with Gasteiger partial charge in [0.25, 0.3) is 5.56 Å². The molecule has 0 fully saturated rings. The van der Waals surface area contributed by atoms with E-state index in [4.69, 9.17) is 5.14 Å². The maximum absolute atomic E-state index is 12.3. The van der Waals surface area contributed by atoms with E-state index in [0.29, 0.717) is 23.2 Å². The molecule has 0 saturated carbocycles. The van der Waals surface area contributed by atoms with Crippen LogP contribution in [0.3, 0.4) is 0 Å². The van der Waals surface area contributed by atoms with Crippen LogP contribution >= 0.6 is 11.3 Å². The van der Waals surface area contributed by atoms with Crippen LogP contribution in [0.1, 0.15) is 5.56 Å². The zero-order valence-corrected chi connectivity index (χ0v) is 16.5. The molecule has 3 aromatic rings. The van der Waals surface area contributed by atoms with Gasteiger partial charge in [0.05, 0.1) is 10.4 Å². The third kappa shape index (κ3) is 4.06. The van der Waals surface area contributed by atoms with Crippen LogP contribution in [0.4, 0.5) is 0 Å². The summed E-state index contributed by atoms with van der Waals surface area (Å²) in [7, 11) is -2.36. The number of carbonyl (C=O) groups excluding carboxylic acids is 1. The molecule has 148 valence electrons. The number of aromatic nitrogens is 2. The number of nitrogens with one attached hydrogen (secondary N) is 1. The monoisotopic (exact) mass is 422 g/mol. The van der Waals surface area contributed by atoms with Crippen LogP contribution in [-0.2, 0) is 34.8 Å². The van der Waals surface area contributed by atoms with E-state index in [1.54, 1.807) is 23.6 Å². The molecule has 0 bridgehead atoms. The summed E-state index contributed by atoms with van der Waals surface area (Å²) >= 11 is 1.22. The molecule has 1 aromatic carbocycles. The Bertz CT molecular complexity index is 1250. The van der Waals surface area contributed by atoms with E-state index in [9.17, 15) is 22.8 Å². The Hall–Kier alpha value is -2.76. The summed E-state index contributed by atoms with van der Waals surface area (Å²) < 4.78 is 25.2. The number of hydrogen-bond donors (Lipinski definition) is 2. The number of nitrogens with two attached hydrogens (primary N) is 1. The van der Waals surface area contributed by atoms with Crippen LogP contribution in [0.15, 0.2) is 50.2 Å². The fraction of sp³-hybridized carbons (Fsp3) is 0.235. The van der Waals surface area contributed by atoms with E-state index in [1.165, 1.54) is 35.1 Å². The van der Waals surface area contributed by atoms with Gasteiger partial charge in [0.1, 0.15) is 11.2 Å². The van der Waals surface area contributed by atoms with E-state index >= 15 is 0 Å². The molecule has 0 radical (unpaired) electrons. The van der Waals surface area contributed by atoms with Gasteiger partial charge in [0.2, 0.25) is 15.9 Å². The van der Waals surface area contributed by atoms with Gasteiger partial charge in [0.15, 0.2) is 0 Å². The summed E-state index contributed by atoms with van der Waals surface area (Å²) in [4.78, 5) is 36.7. The van der Waals surface area contributed by atoms with Gasteiger partial charge in [-0.3, -0.25) is 18.7 Å². The number of hydrogen-bond acceptors (Lipinski definition) is 6. The SMILES string of the molecule is Cn1c(=O)c2sccc2n(CC(=O)NCCc2ccc(S(N)(=O)=O)cc2)c1=O. The second kappa shape index (κ2) is 7.70. The van der Waals surface area contributed by atoms with Crippen molar-refractivity contribution in [2.24, 2.45) is 12.2 Å². The van der Waals surface area contributed by atoms with Crippen molar-refractivity contribution in [3.05, 3.63) is 62.1 Å². The zero-order valence-electron chi connectivity index (χ0n) is 14.9. The summed E-state index contributed by atoms with van der Waals surface area (Å²) in [6.07, 6.45) is 0.479. The lowest BCUT2D eigenvalue weighted by molar-refractivity contribution is -0.121. The summed E-state index contributed by atoms with van der Waals surface area (Å²) in [5.41, 5.74) is 0.332. The van der Waals surface area contributed by atoms with Crippen molar-refractivity contribution in [3.63, 3.8) is 0 Å². The number of primary sulfonamides is 1. The molecule has 0 aliphatic heterocycles. The summed E-state index contributed by atoms with van der Waals surface area (Å²) in [5.74, 6) is -0.366. The molecule has 1 amide bonds. The van der Waals surface area contributed by atoms with Gasteiger partial charge in [0, 0.05) is 13.6 Å². The molecule has 0 aliphatic carbocycles. The molecule has 3 N–H and O–H groups in total. The molecular weight excluding hydrogens is 404 g/mol. The van der Waals surface area contributed by atoms with Gasteiger partial charge in [-0.15, -0.1) is 11.3 Å². The van der Waals surface area contributed by atoms with E-state index in [1.807, 2.05) is 0 Å². The minimum Gasteiger partial charge on any atom is -0.354 e. The standard InChI is InChI=1S/C17H18N4O5S2/c1-20-16(23)15-13(7-9-27-15)21(17(20)24)10-14(22)19-8-6-11-2-4-12(5-3-11)28(18,25)26/h2-5,7,9H,6,8,10H2,1H3,(H,19,22)(H2,18,25,26).